The van der Waals surface area contributed by atoms with Crippen molar-refractivity contribution in [1.82, 2.24) is 10.3 Å². The van der Waals surface area contributed by atoms with Crippen molar-refractivity contribution in [2.75, 3.05) is 7.11 Å². The number of ether oxygens (including phenoxy) is 2. The van der Waals surface area contributed by atoms with E-state index in [0.717, 1.165) is 11.1 Å². The number of carbonyl (C=O) groups is 1. The smallest absolute Gasteiger partial charge is 0.320 e. The van der Waals surface area contributed by atoms with Gasteiger partial charge in [-0.1, -0.05) is 26.0 Å². The van der Waals surface area contributed by atoms with Gasteiger partial charge < -0.3 is 19.9 Å². The monoisotopic (exact) mass is 344 g/mol. The van der Waals surface area contributed by atoms with Crippen LogP contribution in [0.2, 0.25) is 0 Å². The molecule has 0 amide bonds. The average Bonchev–Trinajstić information content (AvgIpc) is 2.60. The van der Waals surface area contributed by atoms with Crippen molar-refractivity contribution in [3.63, 3.8) is 0 Å². The molecule has 1 aromatic carbocycles. The Balaban J connectivity index is 2.06. The summed E-state index contributed by atoms with van der Waals surface area (Å²) < 4.78 is 11.2. The third-order valence-corrected chi connectivity index (χ3v) is 3.80. The topological polar surface area (TPSA) is 80.7 Å². The zero-order chi connectivity index (χ0) is 18.2. The fourth-order valence-electron chi connectivity index (χ4n) is 2.42. The van der Waals surface area contributed by atoms with Crippen molar-refractivity contribution in [1.29, 1.82) is 0 Å². The van der Waals surface area contributed by atoms with Gasteiger partial charge in [0.05, 0.1) is 7.11 Å². The lowest BCUT2D eigenvalue weighted by Crippen LogP contribution is -2.40. The first kappa shape index (κ1) is 18.7. The van der Waals surface area contributed by atoms with Crippen LogP contribution in [0.5, 0.6) is 11.5 Å². The minimum atomic E-state index is -0.850. The first-order valence-corrected chi connectivity index (χ1v) is 8.16. The third kappa shape index (κ3) is 5.46. The molecule has 0 radical (unpaired) electrons. The Hall–Kier alpha value is -2.60. The number of hydrogen-bond donors (Lipinski definition) is 2. The lowest BCUT2D eigenvalue weighted by Gasteiger charge is -2.18. The number of methoxy groups -OCH3 is 1. The molecule has 25 heavy (non-hydrogen) atoms. The Kier molecular flexibility index (Phi) is 6.77. The molecule has 0 saturated carbocycles. The highest BCUT2D eigenvalue weighted by molar-refractivity contribution is 5.73. The van der Waals surface area contributed by atoms with Crippen molar-refractivity contribution >= 4 is 5.97 Å². The molecule has 0 unspecified atom stereocenters. The van der Waals surface area contributed by atoms with Crippen LogP contribution in [0.3, 0.4) is 0 Å². The van der Waals surface area contributed by atoms with Crippen molar-refractivity contribution in [2.24, 2.45) is 5.92 Å². The zero-order valence-corrected chi connectivity index (χ0v) is 14.7. The molecule has 0 saturated heterocycles. The molecule has 0 spiro atoms. The number of nitrogens with zero attached hydrogens (tertiary/aromatic N) is 1. The Bertz CT molecular complexity index is 689. The molecule has 2 N–H and O–H groups in total. The van der Waals surface area contributed by atoms with Crippen LogP contribution in [0.15, 0.2) is 42.7 Å². The zero-order valence-electron chi connectivity index (χ0n) is 14.7. The van der Waals surface area contributed by atoms with Crippen LogP contribution in [0.4, 0.5) is 0 Å². The summed E-state index contributed by atoms with van der Waals surface area (Å²) in [6.45, 7) is 4.57. The van der Waals surface area contributed by atoms with E-state index in [4.69, 9.17) is 9.47 Å². The van der Waals surface area contributed by atoms with Gasteiger partial charge in [0.25, 0.3) is 0 Å². The fourth-order valence-corrected chi connectivity index (χ4v) is 2.42. The molecule has 0 aliphatic heterocycles. The molecule has 0 bridgehead atoms. The summed E-state index contributed by atoms with van der Waals surface area (Å²) in [5, 5.41) is 12.3. The molecule has 134 valence electrons. The number of nitrogens with one attached hydrogen (secondary N) is 1. The second kappa shape index (κ2) is 9.03. The Labute approximate surface area is 147 Å². The summed E-state index contributed by atoms with van der Waals surface area (Å²) in [7, 11) is 1.59. The van der Waals surface area contributed by atoms with E-state index >= 15 is 0 Å². The molecule has 2 rings (SSSR count). The maximum atomic E-state index is 11.3. The molecule has 6 nitrogen and oxygen atoms in total. The number of pyridine rings is 1. The number of carboxylic acids is 1. The summed E-state index contributed by atoms with van der Waals surface area (Å²) in [6, 6.07) is 8.77. The van der Waals surface area contributed by atoms with Crippen molar-refractivity contribution in [3.05, 3.63) is 53.9 Å². The summed E-state index contributed by atoms with van der Waals surface area (Å²) in [5.74, 6) is 0.391. The summed E-state index contributed by atoms with van der Waals surface area (Å²) in [6.07, 6.45) is 3.46. The average molecular weight is 344 g/mol. The fraction of sp³-hybridized carbons (Fsp3) is 0.368. The molecule has 0 aliphatic rings. The highest BCUT2D eigenvalue weighted by Crippen LogP contribution is 2.29. The summed E-state index contributed by atoms with van der Waals surface area (Å²) >= 11 is 0. The van der Waals surface area contributed by atoms with E-state index in [1.54, 1.807) is 19.5 Å². The van der Waals surface area contributed by atoms with Crippen LogP contribution in [0.1, 0.15) is 25.0 Å². The van der Waals surface area contributed by atoms with Gasteiger partial charge in [-0.05, 0) is 29.7 Å². The Morgan fingerprint density at radius 1 is 1.24 bits per heavy atom. The molecule has 2 aromatic rings. The molecular weight excluding hydrogens is 320 g/mol. The van der Waals surface area contributed by atoms with Gasteiger partial charge in [0.15, 0.2) is 11.5 Å². The van der Waals surface area contributed by atoms with Gasteiger partial charge in [-0.25, -0.2) is 0 Å². The highest BCUT2D eigenvalue weighted by atomic mass is 16.5. The normalized spacial score (nSPS) is 12.0. The van der Waals surface area contributed by atoms with Gasteiger partial charge >= 0.3 is 5.97 Å². The molecular formula is C19H24N2O4. The van der Waals surface area contributed by atoms with Gasteiger partial charge in [-0.15, -0.1) is 0 Å². The maximum Gasteiger partial charge on any atom is 0.320 e. The number of aromatic nitrogens is 1. The Morgan fingerprint density at radius 2 is 2.04 bits per heavy atom. The maximum absolute atomic E-state index is 11.3. The van der Waals surface area contributed by atoms with Gasteiger partial charge in [-0.3, -0.25) is 9.78 Å². The molecule has 6 heteroatoms. The number of rotatable bonds is 9. The van der Waals surface area contributed by atoms with Crippen LogP contribution >= 0.6 is 0 Å². The van der Waals surface area contributed by atoms with E-state index < -0.39 is 12.0 Å². The number of carboxylic acid groups (broad SMARTS) is 1. The van der Waals surface area contributed by atoms with Crippen LogP contribution in [-0.2, 0) is 17.9 Å². The predicted octanol–water partition coefficient (Wildman–Crippen LogP) is 2.87. The van der Waals surface area contributed by atoms with E-state index in [1.165, 1.54) is 0 Å². The second-order valence-corrected chi connectivity index (χ2v) is 6.08. The minimum absolute atomic E-state index is 0.00273. The standard InChI is InChI=1S/C19H24N2O4/c1-13(2)18(19(22)23)21-11-14-6-7-16(24-3)17(9-14)25-12-15-5-4-8-20-10-15/h4-10,13,18,21H,11-12H2,1-3H3,(H,22,23)/t18-/m0/s1. The summed E-state index contributed by atoms with van der Waals surface area (Å²) in [5.41, 5.74) is 1.88. The second-order valence-electron chi connectivity index (χ2n) is 6.08. The molecule has 1 atom stereocenters. The highest BCUT2D eigenvalue weighted by Gasteiger charge is 2.20. The quantitative estimate of drug-likeness (QED) is 0.728. The van der Waals surface area contributed by atoms with Gasteiger partial charge in [-0.2, -0.15) is 0 Å². The lowest BCUT2D eigenvalue weighted by atomic mass is 10.0. The van der Waals surface area contributed by atoms with Crippen LogP contribution < -0.4 is 14.8 Å². The van der Waals surface area contributed by atoms with E-state index in [9.17, 15) is 9.90 Å². The van der Waals surface area contributed by atoms with Crippen LogP contribution in [0.25, 0.3) is 0 Å². The predicted molar refractivity (Wildman–Crippen MR) is 94.7 cm³/mol. The van der Waals surface area contributed by atoms with Gasteiger partial charge in [0.2, 0.25) is 0 Å². The largest absolute Gasteiger partial charge is 0.493 e. The van der Waals surface area contributed by atoms with E-state index in [-0.39, 0.29) is 5.92 Å². The van der Waals surface area contributed by atoms with Crippen LogP contribution in [-0.4, -0.2) is 29.2 Å². The Morgan fingerprint density at radius 3 is 2.64 bits per heavy atom. The van der Waals surface area contributed by atoms with Crippen LogP contribution in [0, 0.1) is 5.92 Å². The SMILES string of the molecule is COc1ccc(CN[C@H](C(=O)O)C(C)C)cc1OCc1cccnc1. The van der Waals surface area contributed by atoms with Gasteiger partial charge in [0.1, 0.15) is 12.6 Å². The third-order valence-electron chi connectivity index (χ3n) is 3.80. The summed E-state index contributed by atoms with van der Waals surface area (Å²) in [4.78, 5) is 15.3. The van der Waals surface area contributed by atoms with E-state index in [1.807, 2.05) is 44.2 Å². The number of aliphatic carboxylic acids is 1. The van der Waals surface area contributed by atoms with Crippen molar-refractivity contribution < 1.29 is 19.4 Å². The first-order valence-electron chi connectivity index (χ1n) is 8.16. The lowest BCUT2D eigenvalue weighted by molar-refractivity contribution is -0.140. The molecule has 1 heterocycles. The molecule has 0 aliphatic carbocycles. The van der Waals surface area contributed by atoms with Crippen molar-refractivity contribution in [2.45, 2.75) is 33.0 Å². The van der Waals surface area contributed by atoms with E-state index in [0.29, 0.717) is 24.7 Å². The number of hydrogen-bond acceptors (Lipinski definition) is 5. The van der Waals surface area contributed by atoms with Gasteiger partial charge in [0, 0.05) is 24.5 Å². The first-order chi connectivity index (χ1) is 12.0. The van der Waals surface area contributed by atoms with Crippen molar-refractivity contribution in [3.8, 4) is 11.5 Å². The van der Waals surface area contributed by atoms with E-state index in [2.05, 4.69) is 10.3 Å². The molecule has 0 fully saturated rings. The number of benzene rings is 1. The molecule has 1 aromatic heterocycles. The minimum Gasteiger partial charge on any atom is -0.493 e.